The highest BCUT2D eigenvalue weighted by Crippen LogP contribution is 2.32. The summed E-state index contributed by atoms with van der Waals surface area (Å²) in [6, 6.07) is 12.9. The molecule has 2 aromatic carbocycles. The molecule has 0 bridgehead atoms. The monoisotopic (exact) mass is 563 g/mol. The van der Waals surface area contributed by atoms with Gasteiger partial charge in [0.25, 0.3) is 5.56 Å². The molecule has 0 radical (unpaired) electrons. The van der Waals surface area contributed by atoms with E-state index < -0.39 is 34.0 Å². The summed E-state index contributed by atoms with van der Waals surface area (Å²) in [5.74, 6) is -0.412. The van der Waals surface area contributed by atoms with Gasteiger partial charge in [-0.05, 0) is 55.8 Å². The molecule has 10 nitrogen and oxygen atoms in total. The first-order chi connectivity index (χ1) is 19.2. The highest BCUT2D eigenvalue weighted by Gasteiger charge is 2.33. The van der Waals surface area contributed by atoms with Crippen LogP contribution in [0.25, 0.3) is 17.4 Å². The number of furan rings is 1. The number of hydrogen-bond acceptors (Lipinski definition) is 9. The topological polar surface area (TPSA) is 126 Å². The summed E-state index contributed by atoms with van der Waals surface area (Å²) >= 11 is 1.12. The number of esters is 1. The maximum Gasteiger partial charge on any atom is 0.338 e. The van der Waals surface area contributed by atoms with Crippen molar-refractivity contribution >= 4 is 29.1 Å². The van der Waals surface area contributed by atoms with Gasteiger partial charge in [0.2, 0.25) is 5.82 Å². The summed E-state index contributed by atoms with van der Waals surface area (Å²) in [5.41, 5.74) is 0.546. The van der Waals surface area contributed by atoms with Crippen molar-refractivity contribution in [2.24, 2.45) is 4.99 Å². The van der Waals surface area contributed by atoms with Crippen LogP contribution >= 0.6 is 11.3 Å². The Morgan fingerprint density at radius 3 is 2.77 bits per heavy atom. The van der Waals surface area contributed by atoms with E-state index in [-0.39, 0.29) is 22.5 Å². The smallest absolute Gasteiger partial charge is 0.338 e. The number of carbonyl (C=O) groups is 1. The quantitative estimate of drug-likeness (QED) is 0.188. The van der Waals surface area contributed by atoms with Crippen molar-refractivity contribution in [1.82, 2.24) is 4.57 Å². The van der Waals surface area contributed by atoms with Crippen LogP contribution in [-0.2, 0) is 9.53 Å². The van der Waals surface area contributed by atoms with Gasteiger partial charge in [0.1, 0.15) is 17.3 Å². The first-order valence-corrected chi connectivity index (χ1v) is 12.9. The fourth-order valence-electron chi connectivity index (χ4n) is 4.44. The van der Waals surface area contributed by atoms with Crippen molar-refractivity contribution in [3.8, 4) is 17.1 Å². The van der Waals surface area contributed by atoms with Gasteiger partial charge in [-0.1, -0.05) is 23.5 Å². The third kappa shape index (κ3) is 4.84. The number of aromatic nitrogens is 1. The van der Waals surface area contributed by atoms with E-state index in [0.717, 1.165) is 23.5 Å². The second-order valence-corrected chi connectivity index (χ2v) is 9.71. The van der Waals surface area contributed by atoms with Gasteiger partial charge < -0.3 is 13.9 Å². The van der Waals surface area contributed by atoms with Crippen molar-refractivity contribution < 1.29 is 28.0 Å². The molecule has 0 saturated heterocycles. The lowest BCUT2D eigenvalue weighted by Crippen LogP contribution is -2.39. The standard InChI is InChI=1S/C28H22FN3O7S/c1-4-38-27(34)24-15(2)30-28-31(25(24)17-6-5-7-18(12-17)37-3)26(33)23(40-28)14-19-9-11-22(39-19)16-8-10-20(29)21(13-16)32(35)36/h5-14,25H,4H2,1-3H3/b23-14-/t25-/m1/s1. The number of benzene rings is 2. The zero-order valence-electron chi connectivity index (χ0n) is 21.5. The van der Waals surface area contributed by atoms with Crippen LogP contribution in [0.4, 0.5) is 10.1 Å². The Hall–Kier alpha value is -4.84. The first-order valence-electron chi connectivity index (χ1n) is 12.1. The van der Waals surface area contributed by atoms with E-state index in [2.05, 4.69) is 4.99 Å². The summed E-state index contributed by atoms with van der Waals surface area (Å²) < 4.78 is 32.0. The minimum Gasteiger partial charge on any atom is -0.497 e. The van der Waals surface area contributed by atoms with E-state index >= 15 is 0 Å². The van der Waals surface area contributed by atoms with Crippen molar-refractivity contribution in [3.63, 3.8) is 0 Å². The molecule has 0 spiro atoms. The summed E-state index contributed by atoms with van der Waals surface area (Å²) in [6.45, 7) is 3.55. The Morgan fingerprint density at radius 1 is 1.25 bits per heavy atom. The molecule has 1 aliphatic rings. The number of allylic oxidation sites excluding steroid dienone is 1. The van der Waals surface area contributed by atoms with Gasteiger partial charge in [-0.15, -0.1) is 0 Å². The van der Waals surface area contributed by atoms with Crippen LogP contribution in [0.5, 0.6) is 5.75 Å². The van der Waals surface area contributed by atoms with Crippen LogP contribution in [-0.4, -0.2) is 29.2 Å². The van der Waals surface area contributed by atoms with Crippen LogP contribution in [0.2, 0.25) is 0 Å². The van der Waals surface area contributed by atoms with Crippen LogP contribution < -0.4 is 19.6 Å². The number of nitro groups is 1. The molecule has 204 valence electrons. The predicted octanol–water partition coefficient (Wildman–Crippen LogP) is 4.11. The zero-order chi connectivity index (χ0) is 28.6. The van der Waals surface area contributed by atoms with Gasteiger partial charge in [0, 0.05) is 17.7 Å². The Morgan fingerprint density at radius 2 is 2.05 bits per heavy atom. The third-order valence-electron chi connectivity index (χ3n) is 6.25. The molecule has 12 heteroatoms. The van der Waals surface area contributed by atoms with Crippen LogP contribution in [0.1, 0.15) is 31.2 Å². The minimum atomic E-state index is -0.954. The summed E-state index contributed by atoms with van der Waals surface area (Å²) in [4.78, 5) is 42.0. The molecule has 40 heavy (non-hydrogen) atoms. The number of rotatable bonds is 7. The second-order valence-electron chi connectivity index (χ2n) is 8.70. The SMILES string of the molecule is CCOC(=O)C1=C(C)N=c2s/c(=C\c3ccc(-c4ccc(F)c([N+](=O)[O-])c4)o3)c(=O)n2[C@@H]1c1cccc(OC)c1. The molecule has 0 N–H and O–H groups in total. The number of methoxy groups -OCH3 is 1. The van der Waals surface area contributed by atoms with Crippen LogP contribution in [0.15, 0.2) is 80.1 Å². The number of carbonyl (C=O) groups excluding carboxylic acids is 1. The molecular formula is C28H22FN3O7S. The number of halogens is 1. The van der Waals surface area contributed by atoms with E-state index in [0.29, 0.717) is 33.1 Å². The Balaban J connectivity index is 1.62. The van der Waals surface area contributed by atoms with Crippen molar-refractivity contribution in [2.75, 3.05) is 13.7 Å². The third-order valence-corrected chi connectivity index (χ3v) is 7.24. The highest BCUT2D eigenvalue weighted by molar-refractivity contribution is 7.07. The van der Waals surface area contributed by atoms with E-state index in [4.69, 9.17) is 13.9 Å². The molecule has 1 atom stereocenters. The van der Waals surface area contributed by atoms with Crippen LogP contribution in [0, 0.1) is 15.9 Å². The second kappa shape index (κ2) is 10.7. The number of nitrogens with zero attached hydrogens (tertiary/aromatic N) is 3. The molecule has 0 amide bonds. The average Bonchev–Trinajstić information content (AvgIpc) is 3.52. The molecule has 0 unspecified atom stereocenters. The molecule has 0 saturated carbocycles. The summed E-state index contributed by atoms with van der Waals surface area (Å²) in [6.07, 6.45) is 1.53. The van der Waals surface area contributed by atoms with E-state index in [1.165, 1.54) is 23.8 Å². The fourth-order valence-corrected chi connectivity index (χ4v) is 5.47. The van der Waals surface area contributed by atoms with E-state index in [9.17, 15) is 24.1 Å². The van der Waals surface area contributed by atoms with E-state index in [1.54, 1.807) is 50.2 Å². The van der Waals surface area contributed by atoms with Gasteiger partial charge in [-0.3, -0.25) is 19.5 Å². The molecular weight excluding hydrogens is 541 g/mol. The molecule has 4 aromatic rings. The summed E-state index contributed by atoms with van der Waals surface area (Å²) in [7, 11) is 1.53. The van der Waals surface area contributed by atoms with Crippen LogP contribution in [0.3, 0.4) is 0 Å². The lowest BCUT2D eigenvalue weighted by molar-refractivity contribution is -0.387. The number of thiazole rings is 1. The maximum atomic E-state index is 13.8. The normalized spacial score (nSPS) is 15.0. The lowest BCUT2D eigenvalue weighted by Gasteiger charge is -2.24. The van der Waals surface area contributed by atoms with Gasteiger partial charge in [0.05, 0.1) is 40.5 Å². The number of nitro benzene ring substituents is 1. The number of fused-ring (bicyclic) bond motifs is 1. The van der Waals surface area contributed by atoms with Gasteiger partial charge in [-0.2, -0.15) is 4.39 Å². The number of ether oxygens (including phenoxy) is 2. The summed E-state index contributed by atoms with van der Waals surface area (Å²) in [5, 5.41) is 11.1. The minimum absolute atomic E-state index is 0.156. The Kier molecular flexibility index (Phi) is 7.18. The number of hydrogen-bond donors (Lipinski definition) is 0. The lowest BCUT2D eigenvalue weighted by atomic mass is 9.95. The van der Waals surface area contributed by atoms with Gasteiger partial charge in [-0.25, -0.2) is 9.79 Å². The van der Waals surface area contributed by atoms with Gasteiger partial charge in [0.15, 0.2) is 4.80 Å². The molecule has 1 aliphatic heterocycles. The molecule has 0 aliphatic carbocycles. The fraction of sp³-hybridized carbons (Fsp3) is 0.179. The zero-order valence-corrected chi connectivity index (χ0v) is 22.4. The van der Waals surface area contributed by atoms with E-state index in [1.807, 2.05) is 0 Å². The van der Waals surface area contributed by atoms with Crippen molar-refractivity contribution in [1.29, 1.82) is 0 Å². The molecule has 5 rings (SSSR count). The average molecular weight is 564 g/mol. The van der Waals surface area contributed by atoms with Crippen molar-refractivity contribution in [3.05, 3.63) is 113 Å². The van der Waals surface area contributed by atoms with Crippen molar-refractivity contribution in [2.45, 2.75) is 19.9 Å². The predicted molar refractivity (Wildman–Crippen MR) is 144 cm³/mol. The van der Waals surface area contributed by atoms with Gasteiger partial charge >= 0.3 is 11.7 Å². The molecule has 2 aromatic heterocycles. The first kappa shape index (κ1) is 26.8. The Labute approximate surface area is 230 Å². The largest absolute Gasteiger partial charge is 0.497 e. The molecule has 0 fully saturated rings. The molecule has 3 heterocycles. The highest BCUT2D eigenvalue weighted by atomic mass is 32.1. The Bertz CT molecular complexity index is 1870. The maximum absolute atomic E-state index is 13.8.